The number of rotatable bonds is 4. The number of aromatic nitrogens is 3. The van der Waals surface area contributed by atoms with Gasteiger partial charge in [0.1, 0.15) is 5.69 Å². The van der Waals surface area contributed by atoms with Gasteiger partial charge in [-0.05, 0) is 33.8 Å². The molecule has 2 aromatic rings. The fourth-order valence-electron chi connectivity index (χ4n) is 3.45. The second-order valence-electron chi connectivity index (χ2n) is 6.87. The van der Waals surface area contributed by atoms with Crippen LogP contribution >= 0.6 is 0 Å². The van der Waals surface area contributed by atoms with Gasteiger partial charge in [0.2, 0.25) is 0 Å². The van der Waals surface area contributed by atoms with Crippen LogP contribution in [0.25, 0.3) is 0 Å². The Labute approximate surface area is 153 Å². The zero-order valence-electron chi connectivity index (χ0n) is 16.0. The average Bonchev–Trinajstić information content (AvgIpc) is 2.97. The highest BCUT2D eigenvalue weighted by Crippen LogP contribution is 2.31. The van der Waals surface area contributed by atoms with Gasteiger partial charge < -0.3 is 14.6 Å². The Morgan fingerprint density at radius 1 is 1.38 bits per heavy atom. The smallest absolute Gasteiger partial charge is 0.270 e. The molecule has 2 atom stereocenters. The van der Waals surface area contributed by atoms with Crippen LogP contribution in [0.1, 0.15) is 59.9 Å². The van der Waals surface area contributed by atoms with Crippen molar-refractivity contribution in [3.63, 3.8) is 0 Å². The van der Waals surface area contributed by atoms with Gasteiger partial charge in [0.15, 0.2) is 0 Å². The largest absolute Gasteiger partial charge is 0.369 e. The Morgan fingerprint density at radius 2 is 2.12 bits per heavy atom. The number of ether oxygens (including phenoxy) is 1. The van der Waals surface area contributed by atoms with E-state index in [2.05, 4.69) is 10.4 Å². The second-order valence-corrected chi connectivity index (χ2v) is 6.87. The van der Waals surface area contributed by atoms with Crippen LogP contribution in [0.5, 0.6) is 0 Å². The van der Waals surface area contributed by atoms with Gasteiger partial charge in [0, 0.05) is 43.4 Å². The minimum atomic E-state index is -0.204. The number of carbonyl (C=O) groups excluding carboxylic acids is 1. The maximum absolute atomic E-state index is 12.9. The topological polar surface area (TPSA) is 78.2 Å². The molecule has 1 aliphatic rings. The summed E-state index contributed by atoms with van der Waals surface area (Å²) in [5.41, 5.74) is 3.72. The van der Waals surface area contributed by atoms with Crippen molar-refractivity contribution in [1.29, 1.82) is 0 Å². The first-order chi connectivity index (χ1) is 12.3. The van der Waals surface area contributed by atoms with Crippen molar-refractivity contribution in [3.8, 4) is 0 Å². The van der Waals surface area contributed by atoms with Gasteiger partial charge in [0.05, 0.1) is 17.9 Å². The van der Waals surface area contributed by atoms with E-state index in [-0.39, 0.29) is 30.2 Å². The quantitative estimate of drug-likeness (QED) is 0.905. The Hall–Kier alpha value is -2.41. The van der Waals surface area contributed by atoms with Crippen molar-refractivity contribution in [2.24, 2.45) is 7.05 Å². The number of fused-ring (bicyclic) bond motifs is 1. The van der Waals surface area contributed by atoms with E-state index in [0.717, 1.165) is 17.0 Å². The predicted molar refractivity (Wildman–Crippen MR) is 98.2 cm³/mol. The molecule has 0 aliphatic carbocycles. The number of nitrogens with zero attached hydrogens (tertiary/aromatic N) is 3. The van der Waals surface area contributed by atoms with E-state index in [1.807, 2.05) is 33.8 Å². The van der Waals surface area contributed by atoms with E-state index >= 15 is 0 Å². The zero-order valence-corrected chi connectivity index (χ0v) is 16.0. The molecule has 0 saturated carbocycles. The van der Waals surface area contributed by atoms with Gasteiger partial charge in [-0.2, -0.15) is 5.10 Å². The van der Waals surface area contributed by atoms with Crippen LogP contribution in [0.4, 0.5) is 0 Å². The molecule has 26 heavy (non-hydrogen) atoms. The molecule has 0 saturated heterocycles. The number of aryl methyl sites for hydroxylation is 2. The summed E-state index contributed by atoms with van der Waals surface area (Å²) in [5, 5.41) is 7.46. The number of pyridine rings is 1. The highest BCUT2D eigenvalue weighted by molar-refractivity contribution is 5.94. The van der Waals surface area contributed by atoms with Gasteiger partial charge in [-0.15, -0.1) is 0 Å². The number of carbonyl (C=O) groups is 1. The molecule has 2 aromatic heterocycles. The third-order valence-corrected chi connectivity index (χ3v) is 4.98. The third kappa shape index (κ3) is 3.19. The molecule has 0 spiro atoms. The van der Waals surface area contributed by atoms with Gasteiger partial charge in [-0.25, -0.2) is 0 Å². The number of hydrogen-bond donors (Lipinski definition) is 1. The third-order valence-electron chi connectivity index (χ3n) is 4.98. The van der Waals surface area contributed by atoms with Crippen molar-refractivity contribution in [1.82, 2.24) is 19.7 Å². The molecule has 0 aromatic carbocycles. The van der Waals surface area contributed by atoms with Crippen LogP contribution < -0.4 is 10.9 Å². The van der Waals surface area contributed by atoms with Crippen molar-refractivity contribution < 1.29 is 9.53 Å². The van der Waals surface area contributed by atoms with Crippen molar-refractivity contribution in [3.05, 3.63) is 50.7 Å². The van der Waals surface area contributed by atoms with Crippen LogP contribution in [0.3, 0.4) is 0 Å². The minimum Gasteiger partial charge on any atom is -0.369 e. The molecule has 1 aliphatic heterocycles. The molecule has 1 N–H and O–H groups in total. The monoisotopic (exact) mass is 358 g/mol. The summed E-state index contributed by atoms with van der Waals surface area (Å²) in [4.78, 5) is 25.2. The Kier molecular flexibility index (Phi) is 5.00. The average molecular weight is 358 g/mol. The summed E-state index contributed by atoms with van der Waals surface area (Å²) >= 11 is 0. The lowest BCUT2D eigenvalue weighted by Gasteiger charge is -2.24. The van der Waals surface area contributed by atoms with Crippen LogP contribution in [0, 0.1) is 6.92 Å². The first-order valence-electron chi connectivity index (χ1n) is 9.02. The summed E-state index contributed by atoms with van der Waals surface area (Å²) < 4.78 is 9.13. The SMILES string of the molecule is CCn1nc2c(c1C(=O)NCc1ccc(C)n(C)c1=O)C[C@H](C)O[C@@H]2C. The molecule has 3 heterocycles. The van der Waals surface area contributed by atoms with Crippen LogP contribution in [0.15, 0.2) is 16.9 Å². The lowest BCUT2D eigenvalue weighted by molar-refractivity contribution is -0.00712. The summed E-state index contributed by atoms with van der Waals surface area (Å²) in [7, 11) is 1.73. The maximum atomic E-state index is 12.9. The van der Waals surface area contributed by atoms with Crippen LogP contribution in [-0.2, 0) is 31.3 Å². The minimum absolute atomic E-state index is 0.0444. The maximum Gasteiger partial charge on any atom is 0.270 e. The van der Waals surface area contributed by atoms with E-state index in [4.69, 9.17) is 4.74 Å². The number of nitrogens with one attached hydrogen (secondary N) is 1. The Balaban J connectivity index is 1.87. The summed E-state index contributed by atoms with van der Waals surface area (Å²) in [6.07, 6.45) is 0.579. The fourth-order valence-corrected chi connectivity index (χ4v) is 3.45. The highest BCUT2D eigenvalue weighted by atomic mass is 16.5. The first kappa shape index (κ1) is 18.4. The number of hydrogen-bond acceptors (Lipinski definition) is 4. The molecule has 0 radical (unpaired) electrons. The molecular formula is C19H26N4O3. The van der Waals surface area contributed by atoms with Crippen molar-refractivity contribution in [2.45, 2.75) is 59.4 Å². The van der Waals surface area contributed by atoms with E-state index in [1.54, 1.807) is 22.4 Å². The second kappa shape index (κ2) is 7.07. The molecule has 1 amide bonds. The van der Waals surface area contributed by atoms with E-state index < -0.39 is 0 Å². The first-order valence-corrected chi connectivity index (χ1v) is 9.02. The molecule has 140 valence electrons. The Bertz CT molecular complexity index is 897. The molecular weight excluding hydrogens is 332 g/mol. The van der Waals surface area contributed by atoms with Gasteiger partial charge in [-0.3, -0.25) is 14.3 Å². The van der Waals surface area contributed by atoms with E-state index in [0.29, 0.717) is 24.2 Å². The molecule has 3 rings (SSSR count). The van der Waals surface area contributed by atoms with Gasteiger partial charge in [-0.1, -0.05) is 6.07 Å². The Morgan fingerprint density at radius 3 is 2.81 bits per heavy atom. The van der Waals surface area contributed by atoms with Crippen LogP contribution in [0.2, 0.25) is 0 Å². The molecule has 7 heteroatoms. The standard InChI is InChI=1S/C19H26N4O3/c1-6-23-17(15-9-12(3)26-13(4)16(15)21-23)18(24)20-10-14-8-7-11(2)22(5)19(14)25/h7-8,12-13H,6,9-10H2,1-5H3,(H,20,24)/t12-,13+/m0/s1. The van der Waals surface area contributed by atoms with Gasteiger partial charge in [0.25, 0.3) is 11.5 Å². The van der Waals surface area contributed by atoms with E-state index in [9.17, 15) is 9.59 Å². The molecule has 0 unspecified atom stereocenters. The molecule has 7 nitrogen and oxygen atoms in total. The van der Waals surface area contributed by atoms with Crippen molar-refractivity contribution >= 4 is 5.91 Å². The molecule has 0 bridgehead atoms. The predicted octanol–water partition coefficient (Wildman–Crippen LogP) is 1.86. The van der Waals surface area contributed by atoms with Gasteiger partial charge >= 0.3 is 0 Å². The van der Waals surface area contributed by atoms with Crippen molar-refractivity contribution in [2.75, 3.05) is 0 Å². The molecule has 0 fully saturated rings. The van der Waals surface area contributed by atoms with Crippen LogP contribution in [-0.4, -0.2) is 26.4 Å². The summed E-state index contributed by atoms with van der Waals surface area (Å²) in [6.45, 7) is 8.58. The summed E-state index contributed by atoms with van der Waals surface area (Å²) in [5.74, 6) is -0.204. The fraction of sp³-hybridized carbons (Fsp3) is 0.526. The number of amides is 1. The highest BCUT2D eigenvalue weighted by Gasteiger charge is 2.31. The van der Waals surface area contributed by atoms with E-state index in [1.165, 1.54) is 0 Å². The normalized spacial score (nSPS) is 19.3. The lowest BCUT2D eigenvalue weighted by Crippen LogP contribution is -2.32. The lowest BCUT2D eigenvalue weighted by atomic mass is 9.99. The summed E-state index contributed by atoms with van der Waals surface area (Å²) in [6, 6.07) is 3.64. The zero-order chi connectivity index (χ0) is 19.0.